The van der Waals surface area contributed by atoms with Gasteiger partial charge in [-0.25, -0.2) is 14.4 Å². The molecule has 1 rings (SSSR count). The van der Waals surface area contributed by atoms with Crippen molar-refractivity contribution in [3.8, 4) is 0 Å². The summed E-state index contributed by atoms with van der Waals surface area (Å²) >= 11 is 0. The van der Waals surface area contributed by atoms with Crippen LogP contribution in [0.15, 0.2) is 0 Å². The summed E-state index contributed by atoms with van der Waals surface area (Å²) in [6, 6.07) is -1.28. The molecule has 1 saturated heterocycles. The number of carbonyl (C=O) groups excluding carboxylic acids is 4. The van der Waals surface area contributed by atoms with Crippen molar-refractivity contribution in [2.45, 2.75) is 51.3 Å². The number of esters is 3. The fourth-order valence-electron chi connectivity index (χ4n) is 3.24. The van der Waals surface area contributed by atoms with Crippen LogP contribution in [-0.2, 0) is 33.4 Å². The van der Waals surface area contributed by atoms with Crippen molar-refractivity contribution in [3.63, 3.8) is 0 Å². The van der Waals surface area contributed by atoms with Crippen molar-refractivity contribution in [2.75, 3.05) is 20.8 Å². The van der Waals surface area contributed by atoms with Crippen molar-refractivity contribution in [3.05, 3.63) is 0 Å². The number of methoxy groups -OCH3 is 2. The molecular formula is C16H25NO8. The van der Waals surface area contributed by atoms with Gasteiger partial charge in [0.1, 0.15) is 11.6 Å². The number of rotatable bonds is 6. The zero-order valence-electron chi connectivity index (χ0n) is 15.3. The summed E-state index contributed by atoms with van der Waals surface area (Å²) < 4.78 is 14.4. The van der Waals surface area contributed by atoms with Crippen LogP contribution in [0, 0.1) is 5.92 Å². The third kappa shape index (κ3) is 3.08. The molecule has 1 N–H and O–H groups in total. The van der Waals surface area contributed by atoms with Crippen LogP contribution in [0.4, 0.5) is 0 Å². The van der Waals surface area contributed by atoms with E-state index in [1.54, 1.807) is 20.8 Å². The molecule has 0 aliphatic carbocycles. The molecule has 142 valence electrons. The Hall–Kier alpha value is -2.16. The highest BCUT2D eigenvalue weighted by Gasteiger charge is 2.73. The number of amides is 1. The zero-order valence-corrected chi connectivity index (χ0v) is 15.3. The molecule has 0 spiro atoms. The van der Waals surface area contributed by atoms with Crippen molar-refractivity contribution in [1.29, 1.82) is 0 Å². The van der Waals surface area contributed by atoms with Gasteiger partial charge in [0.15, 0.2) is 0 Å². The lowest BCUT2D eigenvalue weighted by Gasteiger charge is -2.43. The van der Waals surface area contributed by atoms with Gasteiger partial charge >= 0.3 is 17.9 Å². The Bertz CT molecular complexity index is 552. The number of aliphatic hydroxyl groups is 1. The summed E-state index contributed by atoms with van der Waals surface area (Å²) in [4.78, 5) is 51.0. The Morgan fingerprint density at radius 2 is 1.68 bits per heavy atom. The maximum absolute atomic E-state index is 12.6. The van der Waals surface area contributed by atoms with Crippen LogP contribution in [0.5, 0.6) is 0 Å². The maximum Gasteiger partial charge on any atom is 0.346 e. The van der Waals surface area contributed by atoms with Gasteiger partial charge in [0.2, 0.25) is 5.91 Å². The highest BCUT2D eigenvalue weighted by Crippen LogP contribution is 2.44. The molecule has 0 bridgehead atoms. The number of ether oxygens (including phenoxy) is 3. The molecule has 1 heterocycles. The molecule has 0 saturated carbocycles. The number of hydrogen-bond donors (Lipinski definition) is 1. The van der Waals surface area contributed by atoms with E-state index in [1.807, 2.05) is 0 Å². The molecular weight excluding hydrogens is 334 g/mol. The minimum Gasteiger partial charge on any atom is -0.467 e. The number of carbonyl (C=O) groups is 4. The first-order chi connectivity index (χ1) is 11.5. The van der Waals surface area contributed by atoms with E-state index in [1.165, 1.54) is 0 Å². The van der Waals surface area contributed by atoms with Gasteiger partial charge in [-0.05, 0) is 19.8 Å². The summed E-state index contributed by atoms with van der Waals surface area (Å²) in [6.07, 6.45) is -0.556. The van der Waals surface area contributed by atoms with Gasteiger partial charge in [0, 0.05) is 0 Å². The van der Waals surface area contributed by atoms with E-state index in [9.17, 15) is 24.3 Å². The third-order valence-corrected chi connectivity index (χ3v) is 4.30. The molecule has 1 fully saturated rings. The molecule has 0 aromatic rings. The molecule has 1 aliphatic heterocycles. The van der Waals surface area contributed by atoms with Gasteiger partial charge in [0.05, 0.1) is 27.2 Å². The van der Waals surface area contributed by atoms with Crippen molar-refractivity contribution in [2.24, 2.45) is 5.92 Å². The van der Waals surface area contributed by atoms with E-state index in [-0.39, 0.29) is 6.61 Å². The molecule has 2 atom stereocenters. The minimum absolute atomic E-state index is 0.0456. The lowest BCUT2D eigenvalue weighted by molar-refractivity contribution is -0.191. The van der Waals surface area contributed by atoms with Gasteiger partial charge in [-0.1, -0.05) is 13.8 Å². The first kappa shape index (κ1) is 20.9. The smallest absolute Gasteiger partial charge is 0.346 e. The lowest BCUT2D eigenvalue weighted by Crippen LogP contribution is -2.71. The SMILES string of the molecule is CCOC(=O)[C@@H](C(C)C)N1C(=O)CC(C)(O)C1(C(=O)OC)C(=O)OC. The van der Waals surface area contributed by atoms with Crippen LogP contribution >= 0.6 is 0 Å². The molecule has 0 aromatic carbocycles. The molecule has 9 nitrogen and oxygen atoms in total. The second kappa shape index (κ2) is 7.38. The standard InChI is InChI=1S/C16H25NO8/c1-7-25-12(19)11(9(2)3)17-10(18)8-15(4,22)16(17,13(20)23-5)14(21)24-6/h9,11,22H,7-8H2,1-6H3/t11-,15?/m1/s1. The van der Waals surface area contributed by atoms with Gasteiger partial charge in [0.25, 0.3) is 5.54 Å². The molecule has 0 aromatic heterocycles. The van der Waals surface area contributed by atoms with Crippen LogP contribution in [0.2, 0.25) is 0 Å². The van der Waals surface area contributed by atoms with E-state index in [0.29, 0.717) is 0 Å². The van der Waals surface area contributed by atoms with E-state index in [2.05, 4.69) is 0 Å². The van der Waals surface area contributed by atoms with E-state index in [0.717, 1.165) is 26.0 Å². The molecule has 1 unspecified atom stereocenters. The topological polar surface area (TPSA) is 119 Å². The van der Waals surface area contributed by atoms with Gasteiger partial charge < -0.3 is 24.2 Å². The Labute approximate surface area is 146 Å². The monoisotopic (exact) mass is 359 g/mol. The fraction of sp³-hybridized carbons (Fsp3) is 0.750. The van der Waals surface area contributed by atoms with Gasteiger partial charge in [-0.15, -0.1) is 0 Å². The van der Waals surface area contributed by atoms with Crippen LogP contribution < -0.4 is 0 Å². The van der Waals surface area contributed by atoms with Crippen molar-refractivity contribution in [1.82, 2.24) is 4.90 Å². The Balaban J connectivity index is 3.71. The predicted octanol–water partition coefficient (Wildman–Crippen LogP) is -0.358. The van der Waals surface area contributed by atoms with Crippen LogP contribution in [-0.4, -0.2) is 71.8 Å². The van der Waals surface area contributed by atoms with Gasteiger partial charge in [-0.2, -0.15) is 0 Å². The largest absolute Gasteiger partial charge is 0.467 e. The number of likely N-dealkylation sites (tertiary alicyclic amines) is 1. The first-order valence-electron chi connectivity index (χ1n) is 7.90. The summed E-state index contributed by atoms with van der Waals surface area (Å²) in [7, 11) is 2.03. The normalized spacial score (nSPS) is 23.4. The van der Waals surface area contributed by atoms with E-state index < -0.39 is 53.3 Å². The van der Waals surface area contributed by atoms with Gasteiger partial charge in [-0.3, -0.25) is 4.79 Å². The Morgan fingerprint density at radius 3 is 2.04 bits per heavy atom. The molecule has 1 amide bonds. The maximum atomic E-state index is 12.6. The minimum atomic E-state index is -2.50. The van der Waals surface area contributed by atoms with E-state index in [4.69, 9.17) is 14.2 Å². The highest BCUT2D eigenvalue weighted by molar-refractivity contribution is 6.13. The van der Waals surface area contributed by atoms with Crippen molar-refractivity contribution < 1.29 is 38.5 Å². The fourth-order valence-corrected chi connectivity index (χ4v) is 3.24. The Morgan fingerprint density at radius 1 is 1.20 bits per heavy atom. The quantitative estimate of drug-likeness (QED) is 0.388. The number of hydrogen-bond acceptors (Lipinski definition) is 8. The Kier molecular flexibility index (Phi) is 6.17. The molecule has 1 aliphatic rings. The van der Waals surface area contributed by atoms with Crippen molar-refractivity contribution >= 4 is 23.8 Å². The van der Waals surface area contributed by atoms with E-state index >= 15 is 0 Å². The summed E-state index contributed by atoms with van der Waals surface area (Å²) in [5, 5.41) is 10.8. The molecule has 25 heavy (non-hydrogen) atoms. The van der Waals surface area contributed by atoms with Crippen LogP contribution in [0.3, 0.4) is 0 Å². The van der Waals surface area contributed by atoms with Crippen LogP contribution in [0.1, 0.15) is 34.1 Å². The highest BCUT2D eigenvalue weighted by atomic mass is 16.6. The molecule has 0 radical (unpaired) electrons. The summed E-state index contributed by atoms with van der Waals surface area (Å²) in [6.45, 7) is 6.04. The average Bonchev–Trinajstić information content (AvgIpc) is 2.72. The average molecular weight is 359 g/mol. The van der Waals surface area contributed by atoms with Crippen LogP contribution in [0.25, 0.3) is 0 Å². The zero-order chi connectivity index (χ0) is 19.6. The second-order valence-electron chi connectivity index (χ2n) is 6.35. The lowest BCUT2D eigenvalue weighted by atomic mass is 9.80. The predicted molar refractivity (Wildman–Crippen MR) is 84.1 cm³/mol. The summed E-state index contributed by atoms with van der Waals surface area (Å²) in [5.41, 5.74) is -4.64. The number of nitrogens with zero attached hydrogens (tertiary/aromatic N) is 1. The summed E-state index contributed by atoms with van der Waals surface area (Å²) in [5.74, 6) is -4.44. The molecule has 9 heteroatoms. The third-order valence-electron chi connectivity index (χ3n) is 4.30. The first-order valence-corrected chi connectivity index (χ1v) is 7.90. The second-order valence-corrected chi connectivity index (χ2v) is 6.35.